The zero-order valence-electron chi connectivity index (χ0n) is 13.4. The van der Waals surface area contributed by atoms with Gasteiger partial charge in [-0.15, -0.1) is 11.3 Å². The van der Waals surface area contributed by atoms with Crippen molar-refractivity contribution in [2.24, 2.45) is 0 Å². The largest absolute Gasteiger partial charge is 0.391 e. The lowest BCUT2D eigenvalue weighted by Gasteiger charge is -2.39. The molecule has 1 saturated carbocycles. The molecular weight excluding hydrogens is 378 g/mol. The molecule has 0 amide bonds. The summed E-state index contributed by atoms with van der Waals surface area (Å²) >= 11 is 5.04. The summed E-state index contributed by atoms with van der Waals surface area (Å²) in [5.41, 5.74) is 0. The zero-order valence-corrected chi connectivity index (χ0v) is 15.8. The highest BCUT2D eigenvalue weighted by Crippen LogP contribution is 2.30. The average Bonchev–Trinajstić information content (AvgIpc) is 3.14. The predicted molar refractivity (Wildman–Crippen MR) is 94.3 cm³/mol. The smallest absolute Gasteiger partial charge is 0.241 e. The van der Waals surface area contributed by atoms with Gasteiger partial charge in [0.1, 0.15) is 0 Å². The molecule has 2 aromatic rings. The van der Waals surface area contributed by atoms with Crippen molar-refractivity contribution in [1.29, 1.82) is 0 Å². The van der Waals surface area contributed by atoms with Gasteiger partial charge in [-0.2, -0.15) is 4.98 Å². The second kappa shape index (κ2) is 7.42. The number of rotatable bonds is 5. The number of hydrogen-bond donors (Lipinski definition) is 1. The number of nitrogens with zero attached hydrogens (tertiary/aromatic N) is 3. The van der Waals surface area contributed by atoms with E-state index in [1.807, 2.05) is 12.1 Å². The number of hydrogen-bond acceptors (Lipinski definition) is 6. The minimum Gasteiger partial charge on any atom is -0.391 e. The summed E-state index contributed by atoms with van der Waals surface area (Å²) in [5, 5.41) is 14.4. The van der Waals surface area contributed by atoms with Gasteiger partial charge >= 0.3 is 0 Å². The zero-order chi connectivity index (χ0) is 16.4. The van der Waals surface area contributed by atoms with Crippen molar-refractivity contribution < 1.29 is 9.63 Å². The highest BCUT2D eigenvalue weighted by atomic mass is 79.9. The molecule has 3 rings (SSSR count). The number of aromatic nitrogens is 2. The van der Waals surface area contributed by atoms with E-state index in [0.717, 1.165) is 27.9 Å². The van der Waals surface area contributed by atoms with Gasteiger partial charge in [0, 0.05) is 12.1 Å². The van der Waals surface area contributed by atoms with Crippen molar-refractivity contribution >= 4 is 27.3 Å². The molecule has 126 valence electrons. The molecule has 1 aliphatic carbocycles. The molecule has 0 radical (unpaired) electrons. The summed E-state index contributed by atoms with van der Waals surface area (Å²) in [5.74, 6) is 1.24. The molecule has 1 fully saturated rings. The molecule has 0 saturated heterocycles. The minimum absolute atomic E-state index is 0.176. The maximum Gasteiger partial charge on any atom is 0.241 e. The Labute approximate surface area is 148 Å². The Morgan fingerprint density at radius 3 is 2.83 bits per heavy atom. The molecule has 1 N–H and O–H groups in total. The molecule has 2 aromatic heterocycles. The van der Waals surface area contributed by atoms with Crippen molar-refractivity contribution in [1.82, 2.24) is 15.0 Å². The molecule has 0 spiro atoms. The first-order valence-electron chi connectivity index (χ1n) is 8.06. The van der Waals surface area contributed by atoms with Crippen LogP contribution in [0.1, 0.15) is 45.4 Å². The van der Waals surface area contributed by atoms with E-state index >= 15 is 0 Å². The topological polar surface area (TPSA) is 62.4 Å². The third kappa shape index (κ3) is 4.02. The Bertz CT molecular complexity index is 643. The second-order valence-corrected chi connectivity index (χ2v) is 8.76. The molecule has 0 bridgehead atoms. The maximum absolute atomic E-state index is 10.3. The summed E-state index contributed by atoms with van der Waals surface area (Å²) in [7, 11) is 0. The third-order valence-electron chi connectivity index (χ3n) is 4.36. The fraction of sp³-hybridized carbons (Fsp3) is 0.625. The first-order chi connectivity index (χ1) is 11.0. The van der Waals surface area contributed by atoms with Crippen molar-refractivity contribution in [3.63, 3.8) is 0 Å². The second-order valence-electron chi connectivity index (χ2n) is 6.30. The van der Waals surface area contributed by atoms with Crippen LogP contribution in [0.25, 0.3) is 10.7 Å². The quantitative estimate of drug-likeness (QED) is 0.820. The molecule has 0 aromatic carbocycles. The van der Waals surface area contributed by atoms with Crippen molar-refractivity contribution in [2.75, 3.05) is 0 Å². The molecule has 1 aliphatic rings. The summed E-state index contributed by atoms with van der Waals surface area (Å²) in [4.78, 5) is 7.79. The summed E-state index contributed by atoms with van der Waals surface area (Å²) < 4.78 is 6.49. The van der Waals surface area contributed by atoms with Gasteiger partial charge < -0.3 is 9.63 Å². The van der Waals surface area contributed by atoms with Crippen LogP contribution in [0.2, 0.25) is 0 Å². The Morgan fingerprint density at radius 1 is 1.39 bits per heavy atom. The number of halogens is 1. The average molecular weight is 400 g/mol. The Morgan fingerprint density at radius 2 is 2.17 bits per heavy atom. The van der Waals surface area contributed by atoms with Crippen LogP contribution in [0.3, 0.4) is 0 Å². The molecular formula is C16H22BrN3O2S. The predicted octanol–water partition coefficient (Wildman–Crippen LogP) is 4.07. The van der Waals surface area contributed by atoms with Crippen LogP contribution in [0.4, 0.5) is 0 Å². The summed E-state index contributed by atoms with van der Waals surface area (Å²) in [6, 6.07) is 4.46. The first-order valence-corrected chi connectivity index (χ1v) is 9.67. The van der Waals surface area contributed by atoms with Crippen LogP contribution in [0.15, 0.2) is 20.4 Å². The number of thiophene rings is 1. The number of aliphatic hydroxyl groups excluding tert-OH is 1. The Balaban J connectivity index is 1.74. The van der Waals surface area contributed by atoms with Crippen molar-refractivity contribution in [2.45, 2.75) is 64.3 Å². The molecule has 0 unspecified atom stereocenters. The van der Waals surface area contributed by atoms with Gasteiger partial charge in [0.2, 0.25) is 11.7 Å². The van der Waals surface area contributed by atoms with E-state index in [2.05, 4.69) is 44.8 Å². The molecule has 0 aliphatic heterocycles. The van der Waals surface area contributed by atoms with E-state index in [1.165, 1.54) is 6.42 Å². The SMILES string of the molecule is CC(C)N(Cc1nc(-c2ccc(Br)s2)no1)[C@H]1CCCC[C@H]1O. The highest BCUT2D eigenvalue weighted by Gasteiger charge is 2.31. The van der Waals surface area contributed by atoms with E-state index in [9.17, 15) is 5.11 Å². The normalized spacial score (nSPS) is 22.2. The number of aliphatic hydroxyl groups is 1. The lowest BCUT2D eigenvalue weighted by Crippen LogP contribution is -2.48. The maximum atomic E-state index is 10.3. The van der Waals surface area contributed by atoms with Crippen LogP contribution in [-0.4, -0.2) is 38.3 Å². The fourth-order valence-corrected chi connectivity index (χ4v) is 4.48. The lowest BCUT2D eigenvalue weighted by atomic mass is 9.90. The molecule has 7 heteroatoms. The minimum atomic E-state index is -0.262. The first kappa shape index (κ1) is 17.1. The molecule has 2 heterocycles. The van der Waals surface area contributed by atoms with Gasteiger partial charge in [0.05, 0.1) is 21.3 Å². The van der Waals surface area contributed by atoms with Crippen molar-refractivity contribution in [3.05, 3.63) is 21.8 Å². The van der Waals surface area contributed by atoms with E-state index in [1.54, 1.807) is 11.3 Å². The Kier molecular flexibility index (Phi) is 5.51. The monoisotopic (exact) mass is 399 g/mol. The lowest BCUT2D eigenvalue weighted by molar-refractivity contribution is -0.00419. The van der Waals surface area contributed by atoms with Crippen molar-refractivity contribution in [3.8, 4) is 10.7 Å². The third-order valence-corrected chi connectivity index (χ3v) is 5.98. The standard InChI is InChI=1S/C16H22BrN3O2S/c1-10(2)20(11-5-3-4-6-12(11)21)9-15-18-16(19-22-15)13-7-8-14(17)23-13/h7-8,10-12,21H,3-6,9H2,1-2H3/t11-,12+/m0/s1. The van der Waals surface area contributed by atoms with Crippen LogP contribution in [0.5, 0.6) is 0 Å². The summed E-state index contributed by atoms with van der Waals surface area (Å²) in [6.07, 6.45) is 3.93. The van der Waals surface area contributed by atoms with Gasteiger partial charge in [-0.05, 0) is 54.8 Å². The van der Waals surface area contributed by atoms with Crippen LogP contribution < -0.4 is 0 Å². The van der Waals surface area contributed by atoms with E-state index < -0.39 is 0 Å². The van der Waals surface area contributed by atoms with Gasteiger partial charge in [-0.25, -0.2) is 0 Å². The van der Waals surface area contributed by atoms with E-state index in [-0.39, 0.29) is 12.1 Å². The van der Waals surface area contributed by atoms with Crippen LogP contribution in [-0.2, 0) is 6.54 Å². The van der Waals surface area contributed by atoms with Gasteiger partial charge in [-0.1, -0.05) is 18.0 Å². The highest BCUT2D eigenvalue weighted by molar-refractivity contribution is 9.11. The van der Waals surface area contributed by atoms with E-state index in [0.29, 0.717) is 24.3 Å². The Hall–Kier alpha value is -0.760. The van der Waals surface area contributed by atoms with Gasteiger partial charge in [0.25, 0.3) is 0 Å². The summed E-state index contributed by atoms with van der Waals surface area (Å²) in [6.45, 7) is 4.88. The molecule has 2 atom stereocenters. The molecule has 5 nitrogen and oxygen atoms in total. The van der Waals surface area contributed by atoms with Gasteiger partial charge in [0.15, 0.2) is 0 Å². The fourth-order valence-electron chi connectivity index (χ4n) is 3.17. The van der Waals surface area contributed by atoms with Crippen LogP contribution in [0, 0.1) is 0 Å². The van der Waals surface area contributed by atoms with E-state index in [4.69, 9.17) is 4.52 Å². The van der Waals surface area contributed by atoms with Crippen LogP contribution >= 0.6 is 27.3 Å². The van der Waals surface area contributed by atoms with Gasteiger partial charge in [-0.3, -0.25) is 4.90 Å². The molecule has 23 heavy (non-hydrogen) atoms.